The number of nitrogens with zero attached hydrogens (tertiary/aromatic N) is 2. The van der Waals surface area contributed by atoms with E-state index in [1.54, 1.807) is 0 Å². The molecule has 0 saturated carbocycles. The molecular weight excluding hydrogens is 176 g/mol. The van der Waals surface area contributed by atoms with Gasteiger partial charge in [-0.05, 0) is 12.5 Å². The highest BCUT2D eigenvalue weighted by atomic mass is 16.6. The van der Waals surface area contributed by atoms with Gasteiger partial charge in [0, 0.05) is 12.1 Å². The first kappa shape index (κ1) is 9.11. The van der Waals surface area contributed by atoms with Gasteiger partial charge in [0.05, 0.1) is 9.85 Å². The van der Waals surface area contributed by atoms with Crippen molar-refractivity contribution in [2.45, 2.75) is 0 Å². The molecule has 1 rings (SSSR count). The number of hydrogen-bond donors (Lipinski definition) is 0. The van der Waals surface area contributed by atoms with Crippen LogP contribution in [0.1, 0.15) is 5.56 Å². The van der Waals surface area contributed by atoms with Gasteiger partial charge < -0.3 is 0 Å². The van der Waals surface area contributed by atoms with Crippen molar-refractivity contribution < 1.29 is 9.85 Å². The molecule has 0 saturated heterocycles. The topological polar surface area (TPSA) is 86.3 Å². The molecule has 0 N–H and O–H groups in total. The Morgan fingerprint density at radius 2 is 1.62 bits per heavy atom. The highest BCUT2D eigenvalue weighted by molar-refractivity contribution is 5.54. The third-order valence-electron chi connectivity index (χ3n) is 1.43. The highest BCUT2D eigenvalue weighted by Gasteiger charge is 2.22. The molecule has 0 aliphatic carbocycles. The fraction of sp³-hybridized carbons (Fsp3) is 0. The summed E-state index contributed by atoms with van der Waals surface area (Å²) in [6.07, 6.45) is 0. The predicted molar refractivity (Wildman–Crippen MR) is 44.2 cm³/mol. The van der Waals surface area contributed by atoms with E-state index >= 15 is 0 Å². The maximum atomic E-state index is 10.4. The Morgan fingerprint density at radius 1 is 1.08 bits per heavy atom. The number of nitro benzene ring substituents is 2. The maximum absolute atomic E-state index is 10.4. The van der Waals surface area contributed by atoms with Crippen LogP contribution in [0.25, 0.3) is 0 Å². The van der Waals surface area contributed by atoms with Crippen molar-refractivity contribution in [1.29, 1.82) is 0 Å². The molecule has 1 aromatic rings. The standard InChI is InChI=1S/C7H5N2O4/c1-5-2-3-6(8(10)11)7(4-5)9(12)13/h2-4H,1H2. The van der Waals surface area contributed by atoms with Gasteiger partial charge in [-0.1, -0.05) is 6.07 Å². The molecule has 0 unspecified atom stereocenters. The minimum atomic E-state index is -0.799. The van der Waals surface area contributed by atoms with E-state index in [-0.39, 0.29) is 0 Å². The van der Waals surface area contributed by atoms with Gasteiger partial charge in [0.2, 0.25) is 0 Å². The van der Waals surface area contributed by atoms with Gasteiger partial charge in [-0.2, -0.15) is 0 Å². The molecule has 67 valence electrons. The number of nitro groups is 2. The lowest BCUT2D eigenvalue weighted by Crippen LogP contribution is -1.96. The summed E-state index contributed by atoms with van der Waals surface area (Å²) in [6.45, 7) is 3.44. The van der Waals surface area contributed by atoms with Crippen molar-refractivity contribution in [3.8, 4) is 0 Å². The van der Waals surface area contributed by atoms with Crippen molar-refractivity contribution in [3.63, 3.8) is 0 Å². The van der Waals surface area contributed by atoms with Gasteiger partial charge in [-0.3, -0.25) is 20.2 Å². The molecule has 0 aliphatic heterocycles. The molecule has 0 heterocycles. The van der Waals surface area contributed by atoms with Gasteiger partial charge in [0.1, 0.15) is 0 Å². The molecule has 1 radical (unpaired) electrons. The lowest BCUT2D eigenvalue weighted by molar-refractivity contribution is -0.422. The van der Waals surface area contributed by atoms with Crippen molar-refractivity contribution >= 4 is 11.4 Å². The van der Waals surface area contributed by atoms with E-state index in [0.29, 0.717) is 5.56 Å². The average molecular weight is 181 g/mol. The van der Waals surface area contributed by atoms with Crippen molar-refractivity contribution in [3.05, 3.63) is 50.9 Å². The van der Waals surface area contributed by atoms with Crippen LogP contribution in [0.5, 0.6) is 0 Å². The first-order chi connectivity index (χ1) is 6.02. The average Bonchev–Trinajstić information content (AvgIpc) is 2.03. The number of hydrogen-bond acceptors (Lipinski definition) is 4. The summed E-state index contributed by atoms with van der Waals surface area (Å²) in [5.74, 6) is 0. The second kappa shape index (κ2) is 3.18. The molecule has 0 amide bonds. The highest BCUT2D eigenvalue weighted by Crippen LogP contribution is 2.26. The summed E-state index contributed by atoms with van der Waals surface area (Å²) >= 11 is 0. The molecule has 6 nitrogen and oxygen atoms in total. The fourth-order valence-corrected chi connectivity index (χ4v) is 0.870. The predicted octanol–water partition coefficient (Wildman–Crippen LogP) is 1.69. The maximum Gasteiger partial charge on any atom is 0.346 e. The normalized spacial score (nSPS) is 9.62. The first-order valence-electron chi connectivity index (χ1n) is 3.27. The molecule has 1 aromatic carbocycles. The Hall–Kier alpha value is -1.98. The molecule has 0 aromatic heterocycles. The molecule has 13 heavy (non-hydrogen) atoms. The monoisotopic (exact) mass is 181 g/mol. The second-order valence-electron chi connectivity index (χ2n) is 2.34. The van der Waals surface area contributed by atoms with Crippen LogP contribution in [-0.2, 0) is 0 Å². The quantitative estimate of drug-likeness (QED) is 0.513. The molecule has 6 heteroatoms. The summed E-state index contributed by atoms with van der Waals surface area (Å²) in [5, 5.41) is 20.7. The van der Waals surface area contributed by atoms with E-state index in [9.17, 15) is 20.2 Å². The Bertz CT molecular complexity index is 375. The van der Waals surface area contributed by atoms with Crippen molar-refractivity contribution in [2.75, 3.05) is 0 Å². The van der Waals surface area contributed by atoms with E-state index in [0.717, 1.165) is 12.1 Å². The molecular formula is C7H5N2O4. The molecule has 0 bridgehead atoms. The van der Waals surface area contributed by atoms with E-state index in [4.69, 9.17) is 0 Å². The van der Waals surface area contributed by atoms with Crippen molar-refractivity contribution in [1.82, 2.24) is 0 Å². The minimum absolute atomic E-state index is 0.373. The van der Waals surface area contributed by atoms with Crippen LogP contribution in [0.4, 0.5) is 11.4 Å². The SMILES string of the molecule is [CH2]c1ccc([N+](=O)[O-])c([N+](=O)[O-])c1. The largest absolute Gasteiger partial charge is 0.346 e. The molecule has 0 spiro atoms. The Morgan fingerprint density at radius 3 is 2.08 bits per heavy atom. The van der Waals surface area contributed by atoms with Crippen LogP contribution in [0.2, 0.25) is 0 Å². The zero-order chi connectivity index (χ0) is 10.0. The molecule has 0 fully saturated rings. The number of benzene rings is 1. The van der Waals surface area contributed by atoms with E-state index < -0.39 is 21.2 Å². The molecule has 0 atom stereocenters. The zero-order valence-corrected chi connectivity index (χ0v) is 6.47. The first-order valence-corrected chi connectivity index (χ1v) is 3.27. The summed E-state index contributed by atoms with van der Waals surface area (Å²) in [4.78, 5) is 19.1. The fourth-order valence-electron chi connectivity index (χ4n) is 0.870. The van der Waals surface area contributed by atoms with Gasteiger partial charge in [-0.25, -0.2) is 0 Å². The summed E-state index contributed by atoms with van der Waals surface area (Å²) in [7, 11) is 0. The molecule has 0 aliphatic rings. The number of rotatable bonds is 2. The van der Waals surface area contributed by atoms with Crippen LogP contribution in [0.3, 0.4) is 0 Å². The Kier molecular flexibility index (Phi) is 2.23. The van der Waals surface area contributed by atoms with Gasteiger partial charge in [0.15, 0.2) is 0 Å². The summed E-state index contributed by atoms with van der Waals surface area (Å²) < 4.78 is 0. The van der Waals surface area contributed by atoms with Crippen LogP contribution >= 0.6 is 0 Å². The Labute approximate surface area is 73.1 Å². The van der Waals surface area contributed by atoms with Crippen LogP contribution in [0, 0.1) is 27.2 Å². The lowest BCUT2D eigenvalue weighted by Gasteiger charge is -1.95. The minimum Gasteiger partial charge on any atom is -0.258 e. The van der Waals surface area contributed by atoms with E-state index in [1.807, 2.05) is 0 Å². The summed E-state index contributed by atoms with van der Waals surface area (Å²) in [5.41, 5.74) is -0.674. The Balaban J connectivity index is 3.35. The van der Waals surface area contributed by atoms with Crippen LogP contribution < -0.4 is 0 Å². The third-order valence-corrected chi connectivity index (χ3v) is 1.43. The van der Waals surface area contributed by atoms with E-state index in [1.165, 1.54) is 6.07 Å². The van der Waals surface area contributed by atoms with Gasteiger partial charge >= 0.3 is 11.4 Å². The zero-order valence-electron chi connectivity index (χ0n) is 6.47. The van der Waals surface area contributed by atoms with E-state index in [2.05, 4.69) is 6.92 Å². The van der Waals surface area contributed by atoms with Crippen LogP contribution in [-0.4, -0.2) is 9.85 Å². The van der Waals surface area contributed by atoms with Gasteiger partial charge in [-0.15, -0.1) is 0 Å². The van der Waals surface area contributed by atoms with Crippen LogP contribution in [0.15, 0.2) is 18.2 Å². The van der Waals surface area contributed by atoms with Gasteiger partial charge in [0.25, 0.3) is 0 Å². The smallest absolute Gasteiger partial charge is 0.258 e. The van der Waals surface area contributed by atoms with Crippen molar-refractivity contribution in [2.24, 2.45) is 0 Å². The summed E-state index contributed by atoms with van der Waals surface area (Å²) in [6, 6.07) is 3.49. The third kappa shape index (κ3) is 1.78. The lowest BCUT2D eigenvalue weighted by atomic mass is 10.2. The second-order valence-corrected chi connectivity index (χ2v) is 2.34.